The summed E-state index contributed by atoms with van der Waals surface area (Å²) < 4.78 is 0. The van der Waals surface area contributed by atoms with E-state index in [9.17, 15) is 0 Å². The Morgan fingerprint density at radius 3 is 2.62 bits per heavy atom. The van der Waals surface area contributed by atoms with Crippen LogP contribution in [0, 0.1) is 17.2 Å². The van der Waals surface area contributed by atoms with Crippen LogP contribution in [-0.2, 0) is 0 Å². The number of hydrogen-bond acceptors (Lipinski definition) is 1. The zero-order valence-electron chi connectivity index (χ0n) is 5.65. The maximum Gasteiger partial charge on any atom is 0.0621 e. The molecule has 0 saturated carbocycles. The lowest BCUT2D eigenvalue weighted by atomic mass is 10.0. The molecule has 8 heavy (non-hydrogen) atoms. The lowest BCUT2D eigenvalue weighted by Crippen LogP contribution is -1.89. The van der Waals surface area contributed by atoms with Gasteiger partial charge in [-0.15, -0.1) is 0 Å². The SMILES string of the molecule is CC[C@H](C)CCC#N. The second-order valence-electron chi connectivity index (χ2n) is 2.21. The third-order valence-corrected chi connectivity index (χ3v) is 1.45. The largest absolute Gasteiger partial charge is 0.198 e. The van der Waals surface area contributed by atoms with E-state index in [1.807, 2.05) is 0 Å². The first-order valence-electron chi connectivity index (χ1n) is 3.18. The van der Waals surface area contributed by atoms with Crippen LogP contribution in [0.1, 0.15) is 33.1 Å². The van der Waals surface area contributed by atoms with Crippen LogP contribution >= 0.6 is 0 Å². The van der Waals surface area contributed by atoms with E-state index < -0.39 is 0 Å². The highest BCUT2D eigenvalue weighted by molar-refractivity contribution is 4.69. The molecule has 1 heteroatoms. The van der Waals surface area contributed by atoms with Gasteiger partial charge in [0.2, 0.25) is 0 Å². The van der Waals surface area contributed by atoms with Crippen molar-refractivity contribution in [1.29, 1.82) is 5.26 Å². The molecule has 0 aliphatic heterocycles. The Morgan fingerprint density at radius 1 is 1.62 bits per heavy atom. The van der Waals surface area contributed by atoms with E-state index in [2.05, 4.69) is 19.9 Å². The van der Waals surface area contributed by atoms with Crippen LogP contribution < -0.4 is 0 Å². The van der Waals surface area contributed by atoms with Gasteiger partial charge in [0.1, 0.15) is 0 Å². The van der Waals surface area contributed by atoms with Gasteiger partial charge in [-0.25, -0.2) is 0 Å². The topological polar surface area (TPSA) is 23.8 Å². The first-order valence-corrected chi connectivity index (χ1v) is 3.18. The highest BCUT2D eigenvalue weighted by Crippen LogP contribution is 2.07. The molecule has 0 radical (unpaired) electrons. The molecule has 1 atom stereocenters. The van der Waals surface area contributed by atoms with Gasteiger partial charge in [-0.2, -0.15) is 5.26 Å². The molecule has 0 saturated heterocycles. The first kappa shape index (κ1) is 7.49. The van der Waals surface area contributed by atoms with Crippen molar-refractivity contribution in [2.24, 2.45) is 5.92 Å². The summed E-state index contributed by atoms with van der Waals surface area (Å²) in [5.41, 5.74) is 0. The first-order chi connectivity index (χ1) is 3.81. The smallest absolute Gasteiger partial charge is 0.0621 e. The second kappa shape index (κ2) is 4.64. The standard InChI is InChI=1S/C7H13N/c1-3-7(2)5-4-6-8/h7H,3-5H2,1-2H3/t7-/m0/s1. The van der Waals surface area contributed by atoms with Crippen molar-refractivity contribution in [2.45, 2.75) is 33.1 Å². The Labute approximate surface area is 51.3 Å². The zero-order chi connectivity index (χ0) is 6.41. The van der Waals surface area contributed by atoms with E-state index in [4.69, 9.17) is 5.26 Å². The van der Waals surface area contributed by atoms with Gasteiger partial charge >= 0.3 is 0 Å². The highest BCUT2D eigenvalue weighted by Gasteiger charge is 1.94. The maximum absolute atomic E-state index is 8.16. The summed E-state index contributed by atoms with van der Waals surface area (Å²) in [6.07, 6.45) is 2.98. The van der Waals surface area contributed by atoms with Crippen molar-refractivity contribution in [3.63, 3.8) is 0 Å². The van der Waals surface area contributed by atoms with E-state index >= 15 is 0 Å². The summed E-state index contributed by atoms with van der Waals surface area (Å²) >= 11 is 0. The van der Waals surface area contributed by atoms with Gasteiger partial charge < -0.3 is 0 Å². The van der Waals surface area contributed by atoms with Crippen molar-refractivity contribution in [3.8, 4) is 6.07 Å². The molecule has 0 fully saturated rings. The van der Waals surface area contributed by atoms with Crippen LogP contribution in [0.4, 0.5) is 0 Å². The molecule has 0 spiro atoms. The Kier molecular flexibility index (Phi) is 4.35. The zero-order valence-corrected chi connectivity index (χ0v) is 5.65. The van der Waals surface area contributed by atoms with Crippen molar-refractivity contribution in [3.05, 3.63) is 0 Å². The van der Waals surface area contributed by atoms with Crippen molar-refractivity contribution in [2.75, 3.05) is 0 Å². The average Bonchev–Trinajstić information content (AvgIpc) is 1.83. The number of rotatable bonds is 3. The maximum atomic E-state index is 8.16. The fraction of sp³-hybridized carbons (Fsp3) is 0.857. The molecule has 46 valence electrons. The molecule has 0 heterocycles. The summed E-state index contributed by atoms with van der Waals surface area (Å²) in [5, 5.41) is 8.16. The molecule has 0 aliphatic carbocycles. The second-order valence-corrected chi connectivity index (χ2v) is 2.21. The monoisotopic (exact) mass is 111 g/mol. The number of nitrogens with zero attached hydrogens (tertiary/aromatic N) is 1. The molecule has 0 aliphatic rings. The van der Waals surface area contributed by atoms with Crippen LogP contribution in [-0.4, -0.2) is 0 Å². The number of hydrogen-bond donors (Lipinski definition) is 0. The summed E-state index contributed by atoms with van der Waals surface area (Å²) in [6, 6.07) is 2.13. The van der Waals surface area contributed by atoms with E-state index in [1.165, 1.54) is 6.42 Å². The molecule has 0 unspecified atom stereocenters. The molecular formula is C7H13N. The quantitative estimate of drug-likeness (QED) is 0.548. The summed E-state index contributed by atoms with van der Waals surface area (Å²) in [5.74, 6) is 0.731. The van der Waals surface area contributed by atoms with Gasteiger partial charge in [0.05, 0.1) is 6.07 Å². The van der Waals surface area contributed by atoms with Crippen molar-refractivity contribution in [1.82, 2.24) is 0 Å². The molecule has 0 bridgehead atoms. The van der Waals surface area contributed by atoms with Crippen LogP contribution in [0.15, 0.2) is 0 Å². The van der Waals surface area contributed by atoms with Gasteiger partial charge in [0.25, 0.3) is 0 Å². The normalized spacial score (nSPS) is 12.6. The van der Waals surface area contributed by atoms with Gasteiger partial charge in [-0.05, 0) is 12.3 Å². The van der Waals surface area contributed by atoms with Gasteiger partial charge in [-0.1, -0.05) is 20.3 Å². The van der Waals surface area contributed by atoms with E-state index in [-0.39, 0.29) is 0 Å². The van der Waals surface area contributed by atoms with Crippen LogP contribution in [0.3, 0.4) is 0 Å². The van der Waals surface area contributed by atoms with E-state index in [0.29, 0.717) is 0 Å². The summed E-state index contributed by atoms with van der Waals surface area (Å²) in [4.78, 5) is 0. The van der Waals surface area contributed by atoms with Crippen molar-refractivity contribution < 1.29 is 0 Å². The molecule has 0 aromatic rings. The van der Waals surface area contributed by atoms with Crippen LogP contribution in [0.5, 0.6) is 0 Å². The Bertz CT molecular complexity index is 80.9. The molecule has 1 nitrogen and oxygen atoms in total. The van der Waals surface area contributed by atoms with Gasteiger partial charge in [0.15, 0.2) is 0 Å². The highest BCUT2D eigenvalue weighted by atomic mass is 14.2. The van der Waals surface area contributed by atoms with E-state index in [0.717, 1.165) is 18.8 Å². The molecule has 0 amide bonds. The predicted octanol–water partition coefficient (Wildman–Crippen LogP) is 2.34. The minimum absolute atomic E-state index is 0.717. The summed E-state index contributed by atoms with van der Waals surface area (Å²) in [6.45, 7) is 4.33. The van der Waals surface area contributed by atoms with Gasteiger partial charge in [0, 0.05) is 6.42 Å². The fourth-order valence-electron chi connectivity index (χ4n) is 0.515. The lowest BCUT2D eigenvalue weighted by Gasteiger charge is -2.01. The fourth-order valence-corrected chi connectivity index (χ4v) is 0.515. The Hall–Kier alpha value is -0.510. The molecule has 0 aromatic carbocycles. The third kappa shape index (κ3) is 3.67. The predicted molar refractivity (Wildman–Crippen MR) is 34.3 cm³/mol. The molecule has 0 aromatic heterocycles. The summed E-state index contributed by atoms with van der Waals surface area (Å²) in [7, 11) is 0. The minimum atomic E-state index is 0.717. The molecule has 0 rings (SSSR count). The Morgan fingerprint density at radius 2 is 2.25 bits per heavy atom. The average molecular weight is 111 g/mol. The number of nitriles is 1. The minimum Gasteiger partial charge on any atom is -0.198 e. The molecular weight excluding hydrogens is 98.1 g/mol. The van der Waals surface area contributed by atoms with E-state index in [1.54, 1.807) is 0 Å². The third-order valence-electron chi connectivity index (χ3n) is 1.45. The molecule has 0 N–H and O–H groups in total. The van der Waals surface area contributed by atoms with Crippen molar-refractivity contribution >= 4 is 0 Å². The Balaban J connectivity index is 3.01. The lowest BCUT2D eigenvalue weighted by molar-refractivity contribution is 0.524. The van der Waals surface area contributed by atoms with Crippen LogP contribution in [0.2, 0.25) is 0 Å². The van der Waals surface area contributed by atoms with Gasteiger partial charge in [-0.3, -0.25) is 0 Å². The van der Waals surface area contributed by atoms with Crippen LogP contribution in [0.25, 0.3) is 0 Å².